The monoisotopic (exact) mass is 276 g/mol. The lowest BCUT2D eigenvalue weighted by molar-refractivity contribution is -0.136. The summed E-state index contributed by atoms with van der Waals surface area (Å²) < 4.78 is 38.4. The van der Waals surface area contributed by atoms with Crippen LogP contribution in [0.1, 0.15) is 12.5 Å². The number of halogens is 3. The van der Waals surface area contributed by atoms with Gasteiger partial charge in [0.1, 0.15) is 0 Å². The zero-order chi connectivity index (χ0) is 13.3. The third kappa shape index (κ3) is 2.68. The first-order valence-corrected chi connectivity index (χ1v) is 6.86. The minimum atomic E-state index is -4.39. The molecule has 1 fully saturated rings. The van der Waals surface area contributed by atoms with Gasteiger partial charge in [-0.15, -0.1) is 0 Å². The zero-order valence-electron chi connectivity index (χ0n) is 10.00. The Balaban J connectivity index is 2.34. The first-order valence-electron chi connectivity index (χ1n) is 5.70. The number of alkyl halides is 3. The number of thioether (sulfide) groups is 1. The molecule has 0 saturated carbocycles. The van der Waals surface area contributed by atoms with Crippen LogP contribution in [0.25, 0.3) is 0 Å². The molecule has 1 aromatic carbocycles. The molecule has 1 heterocycles. The quantitative estimate of drug-likeness (QED) is 0.799. The molecule has 1 saturated heterocycles. The van der Waals surface area contributed by atoms with Crippen molar-refractivity contribution in [2.75, 3.05) is 28.7 Å². The topological polar surface area (TPSA) is 29.3 Å². The summed E-state index contributed by atoms with van der Waals surface area (Å²) in [6.07, 6.45) is -4.39. The van der Waals surface area contributed by atoms with Crippen molar-refractivity contribution in [1.29, 1.82) is 0 Å². The fourth-order valence-electron chi connectivity index (χ4n) is 2.08. The third-order valence-electron chi connectivity index (χ3n) is 3.04. The summed E-state index contributed by atoms with van der Waals surface area (Å²) in [5, 5.41) is 0. The number of benzene rings is 1. The molecule has 18 heavy (non-hydrogen) atoms. The average Bonchev–Trinajstić information content (AvgIpc) is 2.29. The Morgan fingerprint density at radius 2 is 2.11 bits per heavy atom. The van der Waals surface area contributed by atoms with Crippen LogP contribution in [0.4, 0.5) is 24.5 Å². The van der Waals surface area contributed by atoms with Gasteiger partial charge in [-0.05, 0) is 25.1 Å². The molecule has 0 radical (unpaired) electrons. The highest BCUT2D eigenvalue weighted by atomic mass is 32.2. The van der Waals surface area contributed by atoms with Crippen molar-refractivity contribution in [3.63, 3.8) is 0 Å². The fourth-order valence-corrected chi connectivity index (χ4v) is 3.09. The smallest absolute Gasteiger partial charge is 0.398 e. The van der Waals surface area contributed by atoms with Gasteiger partial charge in [0.2, 0.25) is 0 Å². The summed E-state index contributed by atoms with van der Waals surface area (Å²) in [5.41, 5.74) is 5.04. The van der Waals surface area contributed by atoms with Crippen molar-refractivity contribution in [2.45, 2.75) is 19.1 Å². The van der Waals surface area contributed by atoms with Crippen molar-refractivity contribution in [3.8, 4) is 0 Å². The van der Waals surface area contributed by atoms with Crippen LogP contribution in [0.5, 0.6) is 0 Å². The predicted molar refractivity (Wildman–Crippen MR) is 70.0 cm³/mol. The molecule has 100 valence electrons. The van der Waals surface area contributed by atoms with Gasteiger partial charge in [0, 0.05) is 35.5 Å². The Morgan fingerprint density at radius 1 is 1.39 bits per heavy atom. The zero-order valence-corrected chi connectivity index (χ0v) is 10.8. The van der Waals surface area contributed by atoms with E-state index in [-0.39, 0.29) is 11.7 Å². The van der Waals surface area contributed by atoms with Crippen LogP contribution >= 0.6 is 11.8 Å². The molecule has 1 aliphatic rings. The molecule has 1 atom stereocenters. The van der Waals surface area contributed by atoms with Gasteiger partial charge in [0.25, 0.3) is 0 Å². The second kappa shape index (κ2) is 4.91. The molecule has 2 N–H and O–H groups in total. The third-order valence-corrected chi connectivity index (χ3v) is 4.23. The van der Waals surface area contributed by atoms with E-state index in [9.17, 15) is 13.2 Å². The Morgan fingerprint density at radius 3 is 2.72 bits per heavy atom. The first kappa shape index (κ1) is 13.4. The van der Waals surface area contributed by atoms with Gasteiger partial charge >= 0.3 is 6.18 Å². The Bertz CT molecular complexity index is 434. The number of anilines is 2. The van der Waals surface area contributed by atoms with Gasteiger partial charge in [0.15, 0.2) is 0 Å². The van der Waals surface area contributed by atoms with E-state index in [0.717, 1.165) is 24.1 Å². The second-order valence-electron chi connectivity index (χ2n) is 4.39. The average molecular weight is 276 g/mol. The van der Waals surface area contributed by atoms with Crippen LogP contribution in [0, 0.1) is 0 Å². The van der Waals surface area contributed by atoms with Gasteiger partial charge in [-0.25, -0.2) is 0 Å². The van der Waals surface area contributed by atoms with Gasteiger partial charge < -0.3 is 10.6 Å². The summed E-state index contributed by atoms with van der Waals surface area (Å²) in [5.74, 6) is 1.88. The molecule has 1 aliphatic heterocycles. The number of rotatable bonds is 1. The Labute approximate surface area is 108 Å². The van der Waals surface area contributed by atoms with E-state index in [4.69, 9.17) is 5.73 Å². The minimum absolute atomic E-state index is 0.217. The van der Waals surface area contributed by atoms with E-state index in [1.54, 1.807) is 6.07 Å². The lowest BCUT2D eigenvalue weighted by atomic mass is 10.1. The van der Waals surface area contributed by atoms with Crippen LogP contribution in [-0.4, -0.2) is 24.1 Å². The highest BCUT2D eigenvalue weighted by Gasteiger charge is 2.34. The summed E-state index contributed by atoms with van der Waals surface area (Å²) in [6, 6.07) is 4.40. The van der Waals surface area contributed by atoms with Crippen molar-refractivity contribution in [2.24, 2.45) is 0 Å². The molecule has 0 bridgehead atoms. The highest BCUT2D eigenvalue weighted by Crippen LogP contribution is 2.36. The van der Waals surface area contributed by atoms with Crippen molar-refractivity contribution >= 4 is 23.1 Å². The van der Waals surface area contributed by atoms with Gasteiger partial charge in [-0.1, -0.05) is 0 Å². The van der Waals surface area contributed by atoms with E-state index >= 15 is 0 Å². The molecule has 1 aromatic rings. The number of nitrogens with two attached hydrogens (primary N) is 1. The maximum Gasteiger partial charge on any atom is 0.418 e. The molecular formula is C12H15F3N2S. The van der Waals surface area contributed by atoms with E-state index in [0.29, 0.717) is 5.69 Å². The second-order valence-corrected chi connectivity index (χ2v) is 5.54. The van der Waals surface area contributed by atoms with E-state index in [1.807, 2.05) is 23.6 Å². The van der Waals surface area contributed by atoms with Crippen LogP contribution in [0.2, 0.25) is 0 Å². The minimum Gasteiger partial charge on any atom is -0.398 e. The molecule has 0 spiro atoms. The van der Waals surface area contributed by atoms with E-state index in [1.165, 1.54) is 6.07 Å². The molecule has 2 rings (SSSR count). The van der Waals surface area contributed by atoms with Crippen LogP contribution in [-0.2, 0) is 6.18 Å². The van der Waals surface area contributed by atoms with Crippen molar-refractivity contribution in [1.82, 2.24) is 0 Å². The maximum absolute atomic E-state index is 12.8. The lowest BCUT2D eigenvalue weighted by Crippen LogP contribution is -2.40. The Hall–Kier alpha value is -1.04. The molecule has 6 heteroatoms. The highest BCUT2D eigenvalue weighted by molar-refractivity contribution is 7.99. The number of nitrogens with zero attached hydrogens (tertiary/aromatic N) is 1. The van der Waals surface area contributed by atoms with Crippen LogP contribution in [0.15, 0.2) is 18.2 Å². The predicted octanol–water partition coefficient (Wildman–Crippen LogP) is 3.23. The molecule has 2 nitrogen and oxygen atoms in total. The molecule has 0 aromatic heterocycles. The molecule has 0 amide bonds. The SMILES string of the molecule is CC1CSCCN1c1ccc(N)c(C(F)(F)F)c1. The van der Waals surface area contributed by atoms with E-state index in [2.05, 4.69) is 0 Å². The Kier molecular flexibility index (Phi) is 3.66. The normalized spacial score (nSPS) is 21.1. The summed E-state index contributed by atoms with van der Waals surface area (Å²) >= 11 is 1.83. The number of hydrogen-bond donors (Lipinski definition) is 1. The van der Waals surface area contributed by atoms with Crippen molar-refractivity contribution < 1.29 is 13.2 Å². The van der Waals surface area contributed by atoms with Crippen LogP contribution < -0.4 is 10.6 Å². The van der Waals surface area contributed by atoms with Gasteiger partial charge in [0.05, 0.1) is 5.56 Å². The molecule has 0 aliphatic carbocycles. The largest absolute Gasteiger partial charge is 0.418 e. The summed E-state index contributed by atoms with van der Waals surface area (Å²) in [4.78, 5) is 2.01. The fraction of sp³-hybridized carbons (Fsp3) is 0.500. The molecule has 1 unspecified atom stereocenters. The lowest BCUT2D eigenvalue weighted by Gasteiger charge is -2.35. The number of nitrogen functional groups attached to an aromatic ring is 1. The van der Waals surface area contributed by atoms with Gasteiger partial charge in [-0.3, -0.25) is 0 Å². The number of hydrogen-bond acceptors (Lipinski definition) is 3. The summed E-state index contributed by atoms with van der Waals surface area (Å²) in [6.45, 7) is 2.79. The van der Waals surface area contributed by atoms with Crippen molar-refractivity contribution in [3.05, 3.63) is 23.8 Å². The maximum atomic E-state index is 12.8. The van der Waals surface area contributed by atoms with Crippen LogP contribution in [0.3, 0.4) is 0 Å². The summed E-state index contributed by atoms with van der Waals surface area (Å²) in [7, 11) is 0. The molecular weight excluding hydrogens is 261 g/mol. The standard InChI is InChI=1S/C12H15F3N2S/c1-8-7-18-5-4-17(8)9-2-3-11(16)10(6-9)12(13,14)15/h2-3,6,8H,4-5,7,16H2,1H3. The first-order chi connectivity index (χ1) is 8.39. The van der Waals surface area contributed by atoms with Gasteiger partial charge in [-0.2, -0.15) is 24.9 Å². The van der Waals surface area contributed by atoms with E-state index < -0.39 is 11.7 Å².